The number of aromatic nitrogens is 3. The van der Waals surface area contributed by atoms with Crippen LogP contribution in [0.2, 0.25) is 0 Å². The second-order valence-corrected chi connectivity index (χ2v) is 18.3. The molecule has 8 rings (SSSR count). The standard InChI is InChI=1S/C56H56N3O.Pt/c1-35(2)40-31-46(36(3)4)53(60)48(32-40)54-58-52-45(22-17-23-51(52)59(54)50-25-24-43(55(5,6)7)34-47(50)38-20-15-12-16-21-38)41-28-42(30-44(29-41)56(8,9)10)49-33-39(26-27-57-49)37-18-13-11-14-19-37;/h11-27,29-36,60H,1-10H3;/q-1;/i11D,13D,14D,18D,19D,26D,27D,33D;. The molecule has 0 radical (unpaired) electrons. The molecule has 312 valence electrons. The van der Waals surface area contributed by atoms with Crippen molar-refractivity contribution in [3.63, 3.8) is 0 Å². The summed E-state index contributed by atoms with van der Waals surface area (Å²) in [4.78, 5) is 9.97. The zero-order valence-electron chi connectivity index (χ0n) is 44.4. The Morgan fingerprint density at radius 1 is 0.656 bits per heavy atom. The zero-order valence-corrected chi connectivity index (χ0v) is 38.7. The van der Waals surface area contributed by atoms with E-state index in [1.807, 2.05) is 54.6 Å². The molecule has 0 aliphatic heterocycles. The quantitative estimate of drug-likeness (QED) is 0.154. The van der Waals surface area contributed by atoms with Gasteiger partial charge in [-0.05, 0) is 86.4 Å². The van der Waals surface area contributed by atoms with E-state index in [2.05, 4.69) is 121 Å². The summed E-state index contributed by atoms with van der Waals surface area (Å²) < 4.78 is 71.6. The van der Waals surface area contributed by atoms with Gasteiger partial charge in [0.1, 0.15) is 11.6 Å². The largest absolute Gasteiger partial charge is 0.507 e. The van der Waals surface area contributed by atoms with E-state index in [1.54, 1.807) is 0 Å². The molecule has 0 aliphatic carbocycles. The average Bonchev–Trinajstić information content (AvgIpc) is 3.68. The van der Waals surface area contributed by atoms with E-state index >= 15 is 0 Å². The number of rotatable bonds is 8. The number of aromatic hydroxyl groups is 1. The topological polar surface area (TPSA) is 50.9 Å². The van der Waals surface area contributed by atoms with Crippen LogP contribution in [0.15, 0.2) is 139 Å². The number of para-hydroxylation sites is 1. The fourth-order valence-corrected chi connectivity index (χ4v) is 7.63. The molecule has 0 aliphatic rings. The van der Waals surface area contributed by atoms with Crippen LogP contribution in [0.1, 0.15) is 114 Å². The molecular formula is C56H56N3OPt-. The maximum absolute atomic E-state index is 12.3. The van der Waals surface area contributed by atoms with Gasteiger partial charge in [0.2, 0.25) is 0 Å². The molecule has 6 aromatic carbocycles. The molecule has 2 heterocycles. The fourth-order valence-electron chi connectivity index (χ4n) is 7.63. The minimum atomic E-state index is -0.606. The van der Waals surface area contributed by atoms with Gasteiger partial charge in [-0.15, -0.1) is 29.3 Å². The predicted molar refractivity (Wildman–Crippen MR) is 252 cm³/mol. The van der Waals surface area contributed by atoms with Crippen molar-refractivity contribution in [3.8, 4) is 67.5 Å². The Labute approximate surface area is 388 Å². The van der Waals surface area contributed by atoms with Gasteiger partial charge < -0.3 is 5.11 Å². The van der Waals surface area contributed by atoms with E-state index in [-0.39, 0.29) is 66.9 Å². The number of benzene rings is 6. The molecule has 5 heteroatoms. The number of fused-ring (bicyclic) bond motifs is 1. The number of pyridine rings is 1. The third-order valence-electron chi connectivity index (χ3n) is 11.2. The monoisotopic (exact) mass is 989 g/mol. The van der Waals surface area contributed by atoms with Gasteiger partial charge in [0.05, 0.1) is 33.3 Å². The number of imidazole rings is 1. The second kappa shape index (κ2) is 17.1. The van der Waals surface area contributed by atoms with Crippen molar-refractivity contribution in [2.24, 2.45) is 0 Å². The predicted octanol–water partition coefficient (Wildman–Crippen LogP) is 15.1. The fraction of sp³-hybridized carbons (Fsp3) is 0.250. The van der Waals surface area contributed by atoms with Crippen LogP contribution >= 0.6 is 0 Å². The summed E-state index contributed by atoms with van der Waals surface area (Å²) in [5, 5.41) is 12.3. The minimum absolute atomic E-state index is 0. The van der Waals surface area contributed by atoms with E-state index in [1.165, 1.54) is 0 Å². The molecule has 2 aromatic heterocycles. The number of nitrogens with zero attached hydrogens (tertiary/aromatic N) is 3. The maximum Gasteiger partial charge on any atom is 0.148 e. The zero-order chi connectivity index (χ0) is 49.5. The van der Waals surface area contributed by atoms with Gasteiger partial charge in [-0.2, -0.15) is 0 Å². The Morgan fingerprint density at radius 3 is 2.03 bits per heavy atom. The van der Waals surface area contributed by atoms with Crippen LogP contribution < -0.4 is 0 Å². The second-order valence-electron chi connectivity index (χ2n) is 18.3. The van der Waals surface area contributed by atoms with Crippen LogP contribution in [0.4, 0.5) is 0 Å². The summed E-state index contributed by atoms with van der Waals surface area (Å²) in [6.07, 6.45) is -0.518. The number of phenolic OH excluding ortho intramolecular Hbond substituents is 1. The molecule has 0 amide bonds. The number of hydrogen-bond acceptors (Lipinski definition) is 3. The molecule has 4 nitrogen and oxygen atoms in total. The minimum Gasteiger partial charge on any atom is -0.507 e. The van der Waals surface area contributed by atoms with Gasteiger partial charge in [0.25, 0.3) is 0 Å². The first-order chi connectivity index (χ1) is 31.9. The smallest absolute Gasteiger partial charge is 0.148 e. The summed E-state index contributed by atoms with van der Waals surface area (Å²) in [5.41, 5.74) is 9.13. The van der Waals surface area contributed by atoms with Gasteiger partial charge >= 0.3 is 0 Å². The Kier molecular flexibility index (Phi) is 9.53. The molecule has 0 saturated carbocycles. The summed E-state index contributed by atoms with van der Waals surface area (Å²) in [6, 6.07) is 30.4. The van der Waals surface area contributed by atoms with E-state index in [4.69, 9.17) is 14.6 Å². The van der Waals surface area contributed by atoms with Gasteiger partial charge in [0, 0.05) is 38.5 Å². The van der Waals surface area contributed by atoms with Crippen LogP contribution in [0.3, 0.4) is 0 Å². The van der Waals surface area contributed by atoms with Crippen LogP contribution in [0, 0.1) is 6.07 Å². The first-order valence-corrected chi connectivity index (χ1v) is 20.6. The molecule has 0 unspecified atom stereocenters. The van der Waals surface area contributed by atoms with Crippen LogP contribution in [-0.2, 0) is 31.9 Å². The van der Waals surface area contributed by atoms with E-state index < -0.39 is 47.8 Å². The molecule has 0 fully saturated rings. The number of hydrogen-bond donors (Lipinski definition) is 1. The van der Waals surface area contributed by atoms with Crippen molar-refractivity contribution in [1.82, 2.24) is 14.5 Å². The van der Waals surface area contributed by atoms with Crippen LogP contribution in [0.25, 0.3) is 72.7 Å². The van der Waals surface area contributed by atoms with Crippen molar-refractivity contribution in [1.29, 1.82) is 0 Å². The molecule has 1 N–H and O–H groups in total. The molecule has 8 aromatic rings. The normalized spacial score (nSPS) is 13.8. The molecule has 61 heavy (non-hydrogen) atoms. The molecule has 0 spiro atoms. The first-order valence-electron chi connectivity index (χ1n) is 24.6. The van der Waals surface area contributed by atoms with Crippen LogP contribution in [0.5, 0.6) is 5.75 Å². The maximum atomic E-state index is 12.3. The summed E-state index contributed by atoms with van der Waals surface area (Å²) in [5.74, 6) is 0.881. The summed E-state index contributed by atoms with van der Waals surface area (Å²) in [6.45, 7) is 21.2. The van der Waals surface area contributed by atoms with Crippen molar-refractivity contribution in [2.45, 2.75) is 91.9 Å². The third kappa shape index (κ3) is 8.66. The Morgan fingerprint density at radius 2 is 1.36 bits per heavy atom. The summed E-state index contributed by atoms with van der Waals surface area (Å²) >= 11 is 0. The van der Waals surface area contributed by atoms with Crippen molar-refractivity contribution in [3.05, 3.63) is 168 Å². The first kappa shape index (κ1) is 34.1. The van der Waals surface area contributed by atoms with Crippen molar-refractivity contribution in [2.75, 3.05) is 0 Å². The SMILES string of the molecule is [2H]c1nc(-c2[c-]c(-c3cccc4c3nc(-c3cc(C(C)C)cc(C(C)C)c3O)n4-c3ccc(C(C)(C)C)cc3-c3ccccc3)cc(C(C)(C)C)c2)c([2H])c(-c2c([2H])c([2H])c([2H])c([2H])c2[2H])c1[2H].[Pt]. The summed E-state index contributed by atoms with van der Waals surface area (Å²) in [7, 11) is 0. The van der Waals surface area contributed by atoms with E-state index in [0.717, 1.165) is 44.6 Å². The molecule has 0 saturated heterocycles. The van der Waals surface area contributed by atoms with E-state index in [0.29, 0.717) is 33.6 Å². The van der Waals surface area contributed by atoms with Gasteiger partial charge in [-0.25, -0.2) is 4.98 Å². The Hall–Kier alpha value is -5.57. The average molecular weight is 990 g/mol. The van der Waals surface area contributed by atoms with Gasteiger partial charge in [0.15, 0.2) is 0 Å². The van der Waals surface area contributed by atoms with Crippen LogP contribution in [-0.4, -0.2) is 19.6 Å². The number of phenols is 1. The molecular weight excluding hydrogens is 926 g/mol. The van der Waals surface area contributed by atoms with E-state index in [9.17, 15) is 6.48 Å². The molecule has 0 bridgehead atoms. The van der Waals surface area contributed by atoms with Crippen molar-refractivity contribution < 1.29 is 37.1 Å². The third-order valence-corrected chi connectivity index (χ3v) is 11.2. The molecule has 0 atom stereocenters. The Balaban J connectivity index is 0.00000703. The van der Waals surface area contributed by atoms with Gasteiger partial charge in [-0.3, -0.25) is 9.55 Å². The Bertz CT molecular complexity index is 3290. The van der Waals surface area contributed by atoms with Crippen molar-refractivity contribution >= 4 is 11.0 Å². The van der Waals surface area contributed by atoms with Gasteiger partial charge in [-0.1, -0.05) is 171 Å².